The molecule has 170 valence electrons. The molecule has 1 spiro atoms. The number of aromatic nitrogens is 2. The number of carbonyl (C=O) groups is 1. The maximum absolute atomic E-state index is 12.6. The number of β-amino-alcohol motifs (C(OH)–C–C–N with tert-alkyl or cyclic N) is 1. The second-order valence-electron chi connectivity index (χ2n) is 9.82. The van der Waals surface area contributed by atoms with Crippen LogP contribution in [0.5, 0.6) is 0 Å². The quantitative estimate of drug-likeness (QED) is 0.517. The predicted molar refractivity (Wildman–Crippen MR) is 122 cm³/mol. The van der Waals surface area contributed by atoms with Crippen molar-refractivity contribution in [3.63, 3.8) is 0 Å². The number of anilines is 1. The van der Waals surface area contributed by atoms with Crippen LogP contribution in [-0.4, -0.2) is 63.7 Å². The van der Waals surface area contributed by atoms with Crippen molar-refractivity contribution in [2.24, 2.45) is 11.1 Å². The molecule has 1 amide bonds. The molecule has 1 aromatic heterocycles. The molecule has 2 saturated carbocycles. The summed E-state index contributed by atoms with van der Waals surface area (Å²) < 4.78 is 0. The minimum atomic E-state index is -0.636. The van der Waals surface area contributed by atoms with Gasteiger partial charge in [0.25, 0.3) is 5.91 Å². The molecule has 8 nitrogen and oxygen atoms in total. The molecule has 2 aliphatic carbocycles. The third-order valence-corrected chi connectivity index (χ3v) is 7.18. The second kappa shape index (κ2) is 8.77. The van der Waals surface area contributed by atoms with E-state index in [4.69, 9.17) is 5.73 Å². The Hall–Kier alpha value is -2.55. The summed E-state index contributed by atoms with van der Waals surface area (Å²) in [5.41, 5.74) is 9.37. The van der Waals surface area contributed by atoms with E-state index in [1.165, 1.54) is 17.5 Å². The minimum Gasteiger partial charge on any atom is -0.390 e. The first-order chi connectivity index (χ1) is 15.5. The Kier molecular flexibility index (Phi) is 5.84. The molecule has 0 saturated heterocycles. The van der Waals surface area contributed by atoms with Crippen LogP contribution in [0.4, 0.5) is 5.82 Å². The van der Waals surface area contributed by atoms with Gasteiger partial charge < -0.3 is 21.5 Å². The van der Waals surface area contributed by atoms with Crippen LogP contribution in [0, 0.1) is 5.41 Å². The Morgan fingerprint density at radius 3 is 2.78 bits per heavy atom. The van der Waals surface area contributed by atoms with E-state index < -0.39 is 6.10 Å². The molecule has 1 aliphatic heterocycles. The summed E-state index contributed by atoms with van der Waals surface area (Å²) in [5, 5.41) is 16.7. The molecule has 0 unspecified atom stereocenters. The van der Waals surface area contributed by atoms with Crippen LogP contribution < -0.4 is 16.4 Å². The number of carbonyl (C=O) groups excluding carboxylic acids is 1. The number of amides is 1. The van der Waals surface area contributed by atoms with E-state index in [1.807, 2.05) is 0 Å². The smallest absolute Gasteiger partial charge is 0.270 e. The monoisotopic (exact) mass is 436 g/mol. The zero-order valence-corrected chi connectivity index (χ0v) is 18.3. The van der Waals surface area contributed by atoms with Gasteiger partial charge in [-0.2, -0.15) is 0 Å². The molecule has 32 heavy (non-hydrogen) atoms. The van der Waals surface area contributed by atoms with Crippen LogP contribution in [0.3, 0.4) is 0 Å². The van der Waals surface area contributed by atoms with E-state index in [0.717, 1.165) is 45.2 Å². The molecule has 0 radical (unpaired) electrons. The van der Waals surface area contributed by atoms with Crippen molar-refractivity contribution in [1.29, 1.82) is 0 Å². The standard InChI is InChI=1S/C24H32N6O2/c25-18-8-24(9-18)10-19(11-24)29-22-7-21(27-15-28-22)23(32)26-12-20(31)14-30-6-5-16-3-1-2-4-17(16)13-30/h1-4,7,15,18-20,31H,5-6,8-14,25H2,(H,26,32)(H,27,28,29)/t18?,19?,20-,24?/m0/s1. The summed E-state index contributed by atoms with van der Waals surface area (Å²) in [6.07, 6.45) is 6.22. The van der Waals surface area contributed by atoms with Gasteiger partial charge in [-0.05, 0) is 48.6 Å². The summed E-state index contributed by atoms with van der Waals surface area (Å²) in [4.78, 5) is 23.1. The normalized spacial score (nSPS) is 27.7. The lowest BCUT2D eigenvalue weighted by Crippen LogP contribution is -2.57. The van der Waals surface area contributed by atoms with Gasteiger partial charge in [0.2, 0.25) is 0 Å². The first-order valence-corrected chi connectivity index (χ1v) is 11.6. The number of hydrogen-bond acceptors (Lipinski definition) is 7. The van der Waals surface area contributed by atoms with Crippen LogP contribution in [0.15, 0.2) is 36.7 Å². The first-order valence-electron chi connectivity index (χ1n) is 11.6. The maximum atomic E-state index is 12.6. The van der Waals surface area contributed by atoms with Gasteiger partial charge in [-0.3, -0.25) is 9.69 Å². The van der Waals surface area contributed by atoms with E-state index in [9.17, 15) is 9.90 Å². The van der Waals surface area contributed by atoms with Gasteiger partial charge in [0.1, 0.15) is 17.8 Å². The Morgan fingerprint density at radius 2 is 2.00 bits per heavy atom. The van der Waals surface area contributed by atoms with Crippen molar-refractivity contribution >= 4 is 11.7 Å². The van der Waals surface area contributed by atoms with E-state index in [-0.39, 0.29) is 12.5 Å². The fourth-order valence-corrected chi connectivity index (χ4v) is 5.62. The lowest BCUT2D eigenvalue weighted by atomic mass is 9.52. The average Bonchev–Trinajstić information content (AvgIpc) is 2.75. The summed E-state index contributed by atoms with van der Waals surface area (Å²) in [7, 11) is 0. The van der Waals surface area contributed by atoms with Crippen LogP contribution >= 0.6 is 0 Å². The van der Waals surface area contributed by atoms with Gasteiger partial charge >= 0.3 is 0 Å². The van der Waals surface area contributed by atoms with Gasteiger partial charge in [-0.25, -0.2) is 9.97 Å². The lowest BCUT2D eigenvalue weighted by Gasteiger charge is -2.57. The highest BCUT2D eigenvalue weighted by Gasteiger charge is 2.51. The van der Waals surface area contributed by atoms with Gasteiger partial charge in [-0.15, -0.1) is 0 Å². The summed E-state index contributed by atoms with van der Waals surface area (Å²) in [5.74, 6) is 0.370. The maximum Gasteiger partial charge on any atom is 0.270 e. The average molecular weight is 437 g/mol. The van der Waals surface area contributed by atoms with Crippen molar-refractivity contribution in [3.8, 4) is 0 Å². The van der Waals surface area contributed by atoms with Crippen LogP contribution in [0.25, 0.3) is 0 Å². The number of nitrogens with one attached hydrogen (secondary N) is 2. The number of aliphatic hydroxyl groups excluding tert-OH is 1. The van der Waals surface area contributed by atoms with Crippen molar-refractivity contribution in [1.82, 2.24) is 20.2 Å². The van der Waals surface area contributed by atoms with Crippen LogP contribution in [0.1, 0.15) is 47.3 Å². The molecule has 3 aliphatic rings. The number of hydrogen-bond donors (Lipinski definition) is 4. The molecule has 2 aromatic rings. The van der Waals surface area contributed by atoms with Crippen molar-refractivity contribution < 1.29 is 9.90 Å². The third kappa shape index (κ3) is 4.62. The number of rotatable bonds is 7. The van der Waals surface area contributed by atoms with E-state index in [1.54, 1.807) is 6.07 Å². The summed E-state index contributed by atoms with van der Waals surface area (Å²) >= 11 is 0. The molecular weight excluding hydrogens is 404 g/mol. The highest BCUT2D eigenvalue weighted by Crippen LogP contribution is 2.55. The minimum absolute atomic E-state index is 0.190. The fraction of sp³-hybridized carbons (Fsp3) is 0.542. The van der Waals surface area contributed by atoms with Gasteiger partial charge in [-0.1, -0.05) is 24.3 Å². The van der Waals surface area contributed by atoms with Gasteiger partial charge in [0.15, 0.2) is 0 Å². The zero-order valence-electron chi connectivity index (χ0n) is 18.3. The first kappa shape index (κ1) is 21.3. The number of aliphatic hydroxyl groups is 1. The molecule has 1 atom stereocenters. The Morgan fingerprint density at radius 1 is 1.22 bits per heavy atom. The molecule has 2 fully saturated rings. The molecule has 1 aromatic carbocycles. The fourth-order valence-electron chi connectivity index (χ4n) is 5.62. The van der Waals surface area contributed by atoms with Gasteiger partial charge in [0, 0.05) is 44.3 Å². The van der Waals surface area contributed by atoms with Crippen molar-refractivity contribution in [2.45, 2.75) is 56.8 Å². The highest BCUT2D eigenvalue weighted by molar-refractivity contribution is 5.92. The van der Waals surface area contributed by atoms with E-state index >= 15 is 0 Å². The van der Waals surface area contributed by atoms with Crippen molar-refractivity contribution in [2.75, 3.05) is 25.0 Å². The summed E-state index contributed by atoms with van der Waals surface area (Å²) in [6, 6.07) is 10.9. The zero-order chi connectivity index (χ0) is 22.1. The van der Waals surface area contributed by atoms with Crippen LogP contribution in [-0.2, 0) is 13.0 Å². The summed E-state index contributed by atoms with van der Waals surface area (Å²) in [6.45, 7) is 2.46. The Bertz CT molecular complexity index is 968. The topological polar surface area (TPSA) is 116 Å². The van der Waals surface area contributed by atoms with E-state index in [0.29, 0.717) is 35.6 Å². The SMILES string of the molecule is NC1CC2(C1)CC(Nc1cc(C(=O)NC[C@H](O)CN3CCc4ccccc4C3)ncn1)C2. The molecule has 0 bridgehead atoms. The molecule has 5 N–H and O–H groups in total. The highest BCUT2D eigenvalue weighted by atomic mass is 16.3. The molecule has 8 heteroatoms. The van der Waals surface area contributed by atoms with Crippen molar-refractivity contribution in [3.05, 3.63) is 53.5 Å². The predicted octanol–water partition coefficient (Wildman–Crippen LogP) is 1.31. The number of nitrogens with zero attached hydrogens (tertiary/aromatic N) is 3. The van der Waals surface area contributed by atoms with Gasteiger partial charge in [0.05, 0.1) is 6.10 Å². The third-order valence-electron chi connectivity index (χ3n) is 7.18. The molecule has 5 rings (SSSR count). The number of fused-ring (bicyclic) bond motifs is 1. The molecular formula is C24H32N6O2. The number of benzene rings is 1. The second-order valence-corrected chi connectivity index (χ2v) is 9.82. The molecule has 2 heterocycles. The van der Waals surface area contributed by atoms with E-state index in [2.05, 4.69) is 49.8 Å². The Labute approximate surface area is 188 Å². The Balaban J connectivity index is 1.07. The van der Waals surface area contributed by atoms with Crippen LogP contribution in [0.2, 0.25) is 0 Å². The largest absolute Gasteiger partial charge is 0.390 e. The number of nitrogens with two attached hydrogens (primary N) is 1. The lowest BCUT2D eigenvalue weighted by molar-refractivity contribution is 0.00110.